The number of amides is 1. The van der Waals surface area contributed by atoms with Crippen LogP contribution in [0.1, 0.15) is 31.2 Å². The Balaban J connectivity index is 2.38. The molecule has 0 unspecified atom stereocenters. The lowest BCUT2D eigenvalue weighted by molar-refractivity contribution is 0.0601. The molecule has 23 heavy (non-hydrogen) atoms. The number of esters is 1. The minimum absolute atomic E-state index is 0.350. The molecule has 1 aromatic carbocycles. The summed E-state index contributed by atoms with van der Waals surface area (Å²) in [5.74, 6) is -0.816. The maximum Gasteiger partial charge on any atom is 0.341 e. The second-order valence-electron chi connectivity index (χ2n) is 4.78. The third-order valence-corrected chi connectivity index (χ3v) is 5.60. The number of rotatable bonds is 4. The molecular formula is C16H16ClNO3S2. The molecule has 0 bridgehead atoms. The van der Waals surface area contributed by atoms with Crippen LogP contribution in [0.2, 0.25) is 5.02 Å². The van der Waals surface area contributed by atoms with Crippen LogP contribution in [0.5, 0.6) is 0 Å². The fraction of sp³-hybridized carbons (Fsp3) is 0.250. The monoisotopic (exact) mass is 369 g/mol. The molecule has 0 saturated heterocycles. The number of ether oxygens (including phenoxy) is 1. The Morgan fingerprint density at radius 2 is 2.00 bits per heavy atom. The van der Waals surface area contributed by atoms with Crippen molar-refractivity contribution >= 4 is 51.6 Å². The number of carbonyl (C=O) groups excluding carboxylic acids is 2. The predicted molar refractivity (Wildman–Crippen MR) is 96.3 cm³/mol. The van der Waals surface area contributed by atoms with Gasteiger partial charge in [0.25, 0.3) is 5.91 Å². The largest absolute Gasteiger partial charge is 0.465 e. The number of hydrogen-bond donors (Lipinski definition) is 1. The minimum atomic E-state index is -0.467. The highest BCUT2D eigenvalue weighted by atomic mass is 35.5. The molecule has 7 heteroatoms. The van der Waals surface area contributed by atoms with Gasteiger partial charge in [0.15, 0.2) is 0 Å². The molecule has 122 valence electrons. The zero-order chi connectivity index (χ0) is 17.1. The van der Waals surface area contributed by atoms with Gasteiger partial charge < -0.3 is 10.1 Å². The summed E-state index contributed by atoms with van der Waals surface area (Å²) in [5, 5.41) is 3.62. The summed E-state index contributed by atoms with van der Waals surface area (Å²) in [6, 6.07) is 5.27. The highest BCUT2D eigenvalue weighted by molar-refractivity contribution is 7.98. The van der Waals surface area contributed by atoms with Gasteiger partial charge in [0.05, 0.1) is 23.3 Å². The van der Waals surface area contributed by atoms with Gasteiger partial charge in [0, 0.05) is 9.77 Å². The second kappa shape index (κ2) is 7.38. The van der Waals surface area contributed by atoms with E-state index in [0.717, 1.165) is 15.3 Å². The number of methoxy groups -OCH3 is 1. The summed E-state index contributed by atoms with van der Waals surface area (Å²) >= 11 is 8.99. The number of nitrogens with one attached hydrogen (secondary N) is 1. The number of hydrogen-bond acceptors (Lipinski definition) is 5. The van der Waals surface area contributed by atoms with Crippen molar-refractivity contribution in [2.45, 2.75) is 18.7 Å². The van der Waals surface area contributed by atoms with E-state index < -0.39 is 5.97 Å². The number of aryl methyl sites for hydroxylation is 1. The van der Waals surface area contributed by atoms with Crippen LogP contribution in [0.25, 0.3) is 0 Å². The molecule has 2 aromatic rings. The normalized spacial score (nSPS) is 10.5. The van der Waals surface area contributed by atoms with Crippen molar-refractivity contribution in [1.82, 2.24) is 0 Å². The van der Waals surface area contributed by atoms with E-state index in [4.69, 9.17) is 16.3 Å². The van der Waals surface area contributed by atoms with E-state index in [0.29, 0.717) is 21.2 Å². The van der Waals surface area contributed by atoms with Crippen LogP contribution in [0, 0.1) is 13.8 Å². The van der Waals surface area contributed by atoms with Crippen molar-refractivity contribution in [3.8, 4) is 0 Å². The van der Waals surface area contributed by atoms with Gasteiger partial charge in [0.2, 0.25) is 0 Å². The molecule has 1 heterocycles. The first-order chi connectivity index (χ1) is 10.9. The van der Waals surface area contributed by atoms with E-state index >= 15 is 0 Å². The van der Waals surface area contributed by atoms with Gasteiger partial charge in [-0.1, -0.05) is 11.6 Å². The van der Waals surface area contributed by atoms with Crippen molar-refractivity contribution in [2.24, 2.45) is 0 Å². The highest BCUT2D eigenvalue weighted by Crippen LogP contribution is 2.34. The average Bonchev–Trinajstić information content (AvgIpc) is 2.81. The van der Waals surface area contributed by atoms with Crippen LogP contribution < -0.4 is 5.32 Å². The quantitative estimate of drug-likeness (QED) is 0.622. The van der Waals surface area contributed by atoms with Gasteiger partial charge in [-0.2, -0.15) is 0 Å². The van der Waals surface area contributed by atoms with E-state index in [2.05, 4.69) is 5.32 Å². The third kappa shape index (κ3) is 3.71. The molecule has 0 fully saturated rings. The van der Waals surface area contributed by atoms with Crippen LogP contribution in [-0.4, -0.2) is 25.2 Å². The summed E-state index contributed by atoms with van der Waals surface area (Å²) in [6.07, 6.45) is 1.92. The lowest BCUT2D eigenvalue weighted by atomic mass is 10.1. The van der Waals surface area contributed by atoms with Gasteiger partial charge in [-0.05, 0) is 43.9 Å². The zero-order valence-corrected chi connectivity index (χ0v) is 15.5. The van der Waals surface area contributed by atoms with Gasteiger partial charge in [0.1, 0.15) is 5.00 Å². The molecule has 1 aromatic heterocycles. The van der Waals surface area contributed by atoms with Gasteiger partial charge >= 0.3 is 5.97 Å². The Labute approximate surface area is 148 Å². The van der Waals surface area contributed by atoms with Crippen LogP contribution in [0.4, 0.5) is 5.00 Å². The lowest BCUT2D eigenvalue weighted by Crippen LogP contribution is -2.14. The summed E-state index contributed by atoms with van der Waals surface area (Å²) in [6.45, 7) is 3.72. The molecule has 0 atom stereocenters. The molecule has 0 aliphatic carbocycles. The first-order valence-corrected chi connectivity index (χ1v) is 9.14. The van der Waals surface area contributed by atoms with Gasteiger partial charge in [-0.15, -0.1) is 23.1 Å². The summed E-state index contributed by atoms with van der Waals surface area (Å²) in [7, 11) is 1.32. The summed E-state index contributed by atoms with van der Waals surface area (Å²) in [4.78, 5) is 26.4. The number of benzene rings is 1. The minimum Gasteiger partial charge on any atom is -0.465 e. The first-order valence-electron chi connectivity index (χ1n) is 6.72. The third-order valence-electron chi connectivity index (χ3n) is 3.42. The molecule has 1 N–H and O–H groups in total. The number of halogens is 1. The van der Waals surface area contributed by atoms with Crippen molar-refractivity contribution in [1.29, 1.82) is 0 Å². The zero-order valence-electron chi connectivity index (χ0n) is 13.2. The second-order valence-corrected chi connectivity index (χ2v) is 7.29. The van der Waals surface area contributed by atoms with Crippen molar-refractivity contribution in [2.75, 3.05) is 18.7 Å². The maximum atomic E-state index is 12.5. The SMILES string of the molecule is COC(=O)c1c(NC(=O)c2cc(SC)ccc2Cl)sc(C)c1C. The summed E-state index contributed by atoms with van der Waals surface area (Å²) < 4.78 is 4.81. The standard InChI is InChI=1S/C16H16ClNO3S2/c1-8-9(2)23-15(13(8)16(20)21-3)18-14(19)11-7-10(22-4)5-6-12(11)17/h5-7H,1-4H3,(H,18,19). The summed E-state index contributed by atoms with van der Waals surface area (Å²) in [5.41, 5.74) is 1.57. The molecule has 0 aliphatic heterocycles. The van der Waals surface area contributed by atoms with E-state index in [-0.39, 0.29) is 5.91 Å². The Morgan fingerprint density at radius 3 is 2.61 bits per heavy atom. The van der Waals surface area contributed by atoms with Crippen molar-refractivity contribution < 1.29 is 14.3 Å². The highest BCUT2D eigenvalue weighted by Gasteiger charge is 2.22. The number of carbonyl (C=O) groups is 2. The van der Waals surface area contributed by atoms with Gasteiger partial charge in [-0.3, -0.25) is 4.79 Å². The maximum absolute atomic E-state index is 12.5. The van der Waals surface area contributed by atoms with Crippen molar-refractivity contribution in [3.05, 3.63) is 44.8 Å². The Hall–Kier alpha value is -1.50. The predicted octanol–water partition coefficient (Wildman–Crippen LogP) is 4.78. The molecule has 2 rings (SSSR count). The number of thiophene rings is 1. The topological polar surface area (TPSA) is 55.4 Å². The molecule has 0 radical (unpaired) electrons. The van der Waals surface area contributed by atoms with E-state index in [9.17, 15) is 9.59 Å². The molecule has 4 nitrogen and oxygen atoms in total. The van der Waals surface area contributed by atoms with E-state index in [1.807, 2.05) is 26.2 Å². The van der Waals surface area contributed by atoms with E-state index in [1.54, 1.807) is 12.1 Å². The molecule has 0 aliphatic rings. The Kier molecular flexibility index (Phi) is 5.73. The van der Waals surface area contributed by atoms with Crippen LogP contribution >= 0.6 is 34.7 Å². The first kappa shape index (κ1) is 17.8. The van der Waals surface area contributed by atoms with Crippen LogP contribution in [0.3, 0.4) is 0 Å². The molecule has 1 amide bonds. The molecule has 0 saturated carbocycles. The lowest BCUT2D eigenvalue weighted by Gasteiger charge is -2.08. The Morgan fingerprint density at radius 1 is 1.30 bits per heavy atom. The fourth-order valence-electron chi connectivity index (χ4n) is 2.04. The van der Waals surface area contributed by atoms with Crippen molar-refractivity contribution in [3.63, 3.8) is 0 Å². The van der Waals surface area contributed by atoms with Gasteiger partial charge in [-0.25, -0.2) is 4.79 Å². The van der Waals surface area contributed by atoms with E-state index in [1.165, 1.54) is 30.2 Å². The Bertz CT molecular complexity index is 771. The number of thioether (sulfide) groups is 1. The number of anilines is 1. The van der Waals surface area contributed by atoms with Crippen LogP contribution in [-0.2, 0) is 4.74 Å². The average molecular weight is 370 g/mol. The molecular weight excluding hydrogens is 354 g/mol. The molecule has 0 spiro atoms. The van der Waals surface area contributed by atoms with Crippen LogP contribution in [0.15, 0.2) is 23.1 Å². The fourth-order valence-corrected chi connectivity index (χ4v) is 3.73. The smallest absolute Gasteiger partial charge is 0.341 e.